The monoisotopic (exact) mass is 258 g/mol. The molecule has 100 valence electrons. The highest BCUT2D eigenvalue weighted by molar-refractivity contribution is 5.47. The SMILES string of the molecule is COCc1ccccc1C(O)c1cc(C)cnc1N. The normalized spacial score (nSPS) is 12.4. The van der Waals surface area contributed by atoms with Crippen LogP contribution in [0.15, 0.2) is 36.5 Å². The second-order valence-corrected chi connectivity index (χ2v) is 4.52. The minimum atomic E-state index is -0.793. The Kier molecular flexibility index (Phi) is 4.14. The van der Waals surface area contributed by atoms with Crippen LogP contribution in [-0.4, -0.2) is 17.2 Å². The average molecular weight is 258 g/mol. The first-order valence-corrected chi connectivity index (χ1v) is 6.10. The van der Waals surface area contributed by atoms with Crippen molar-refractivity contribution < 1.29 is 9.84 Å². The first-order valence-electron chi connectivity index (χ1n) is 6.10. The lowest BCUT2D eigenvalue weighted by molar-refractivity contribution is 0.176. The van der Waals surface area contributed by atoms with Gasteiger partial charge in [0, 0.05) is 18.9 Å². The van der Waals surface area contributed by atoms with Gasteiger partial charge in [-0.15, -0.1) is 0 Å². The van der Waals surface area contributed by atoms with Crippen LogP contribution >= 0.6 is 0 Å². The lowest BCUT2D eigenvalue weighted by atomic mass is 9.97. The molecule has 0 spiro atoms. The van der Waals surface area contributed by atoms with Gasteiger partial charge in [0.05, 0.1) is 6.61 Å². The number of nitrogens with two attached hydrogens (primary N) is 1. The number of ether oxygens (including phenoxy) is 1. The molecule has 1 unspecified atom stereocenters. The van der Waals surface area contributed by atoms with Crippen molar-refractivity contribution in [3.63, 3.8) is 0 Å². The molecule has 0 fully saturated rings. The quantitative estimate of drug-likeness (QED) is 0.882. The van der Waals surface area contributed by atoms with Crippen molar-refractivity contribution in [2.75, 3.05) is 12.8 Å². The van der Waals surface area contributed by atoms with Crippen molar-refractivity contribution >= 4 is 5.82 Å². The Hall–Kier alpha value is -1.91. The molecule has 19 heavy (non-hydrogen) atoms. The van der Waals surface area contributed by atoms with Crippen LogP contribution in [0.2, 0.25) is 0 Å². The van der Waals surface area contributed by atoms with Crippen molar-refractivity contribution in [3.8, 4) is 0 Å². The van der Waals surface area contributed by atoms with E-state index in [2.05, 4.69) is 4.98 Å². The minimum Gasteiger partial charge on any atom is -0.384 e. The van der Waals surface area contributed by atoms with Crippen LogP contribution < -0.4 is 5.73 Å². The van der Waals surface area contributed by atoms with Gasteiger partial charge in [-0.25, -0.2) is 4.98 Å². The van der Waals surface area contributed by atoms with Crippen molar-refractivity contribution in [3.05, 3.63) is 58.8 Å². The first kappa shape index (κ1) is 13.5. The van der Waals surface area contributed by atoms with Gasteiger partial charge in [-0.2, -0.15) is 0 Å². The van der Waals surface area contributed by atoms with Gasteiger partial charge >= 0.3 is 0 Å². The van der Waals surface area contributed by atoms with Gasteiger partial charge in [0.1, 0.15) is 11.9 Å². The Balaban J connectivity index is 2.43. The van der Waals surface area contributed by atoms with E-state index >= 15 is 0 Å². The molecule has 1 aromatic carbocycles. The van der Waals surface area contributed by atoms with Crippen LogP contribution in [0.4, 0.5) is 5.82 Å². The van der Waals surface area contributed by atoms with Gasteiger partial charge in [-0.3, -0.25) is 0 Å². The standard InChI is InChI=1S/C15H18N2O2/c1-10-7-13(15(16)17-8-10)14(18)12-6-4-3-5-11(12)9-19-2/h3-8,14,18H,9H2,1-2H3,(H2,16,17). The van der Waals surface area contributed by atoms with Gasteiger partial charge in [-0.1, -0.05) is 24.3 Å². The maximum absolute atomic E-state index is 10.5. The smallest absolute Gasteiger partial charge is 0.129 e. The largest absolute Gasteiger partial charge is 0.384 e. The van der Waals surface area contributed by atoms with Crippen LogP contribution in [-0.2, 0) is 11.3 Å². The number of nitrogens with zero attached hydrogens (tertiary/aromatic N) is 1. The van der Waals surface area contributed by atoms with Crippen LogP contribution in [0.25, 0.3) is 0 Å². The molecule has 4 heteroatoms. The summed E-state index contributed by atoms with van der Waals surface area (Å²) in [6.07, 6.45) is 0.894. The Morgan fingerprint density at radius 3 is 2.79 bits per heavy atom. The molecule has 0 aliphatic carbocycles. The lowest BCUT2D eigenvalue weighted by Gasteiger charge is -2.17. The number of methoxy groups -OCH3 is 1. The van der Waals surface area contributed by atoms with Crippen LogP contribution in [0.3, 0.4) is 0 Å². The molecule has 0 saturated carbocycles. The maximum atomic E-state index is 10.5. The Morgan fingerprint density at radius 2 is 2.05 bits per heavy atom. The van der Waals surface area contributed by atoms with Crippen molar-refractivity contribution in [2.45, 2.75) is 19.6 Å². The second kappa shape index (κ2) is 5.82. The molecule has 0 aliphatic rings. The van der Waals surface area contributed by atoms with E-state index in [1.54, 1.807) is 13.3 Å². The van der Waals surface area contributed by atoms with Crippen molar-refractivity contribution in [1.82, 2.24) is 4.98 Å². The van der Waals surface area contributed by atoms with E-state index in [0.29, 0.717) is 18.0 Å². The number of benzene rings is 1. The summed E-state index contributed by atoms with van der Waals surface area (Å²) in [4.78, 5) is 4.09. The number of aliphatic hydroxyl groups excluding tert-OH is 1. The van der Waals surface area contributed by atoms with Gasteiger partial charge in [0.2, 0.25) is 0 Å². The number of pyridine rings is 1. The third kappa shape index (κ3) is 2.92. The summed E-state index contributed by atoms with van der Waals surface area (Å²) in [5.74, 6) is 0.352. The van der Waals surface area contributed by atoms with E-state index in [4.69, 9.17) is 10.5 Å². The zero-order valence-electron chi connectivity index (χ0n) is 11.1. The molecule has 0 bridgehead atoms. The number of nitrogen functional groups attached to an aromatic ring is 1. The molecule has 0 aliphatic heterocycles. The number of aromatic nitrogens is 1. The van der Waals surface area contributed by atoms with Crippen LogP contribution in [0.5, 0.6) is 0 Å². The van der Waals surface area contributed by atoms with E-state index < -0.39 is 6.10 Å². The number of anilines is 1. The predicted octanol–water partition coefficient (Wildman–Crippen LogP) is 2.20. The number of hydrogen-bond acceptors (Lipinski definition) is 4. The topological polar surface area (TPSA) is 68.4 Å². The fraction of sp³-hybridized carbons (Fsp3) is 0.267. The summed E-state index contributed by atoms with van der Waals surface area (Å²) in [5.41, 5.74) is 9.18. The Bertz CT molecular complexity index is 570. The molecule has 1 heterocycles. The van der Waals surface area contributed by atoms with Gasteiger partial charge in [-0.05, 0) is 29.7 Å². The Morgan fingerprint density at radius 1 is 1.32 bits per heavy atom. The number of rotatable bonds is 4. The van der Waals surface area contributed by atoms with E-state index in [0.717, 1.165) is 16.7 Å². The summed E-state index contributed by atoms with van der Waals surface area (Å²) < 4.78 is 5.15. The molecule has 3 N–H and O–H groups in total. The third-order valence-corrected chi connectivity index (χ3v) is 3.03. The molecule has 4 nitrogen and oxygen atoms in total. The molecule has 0 radical (unpaired) electrons. The molecule has 0 saturated heterocycles. The van der Waals surface area contributed by atoms with E-state index in [-0.39, 0.29) is 0 Å². The van der Waals surface area contributed by atoms with E-state index in [9.17, 15) is 5.11 Å². The lowest BCUT2D eigenvalue weighted by Crippen LogP contribution is -2.08. The van der Waals surface area contributed by atoms with E-state index in [1.807, 2.05) is 37.3 Å². The number of hydrogen-bond donors (Lipinski definition) is 2. The van der Waals surface area contributed by atoms with Crippen LogP contribution in [0.1, 0.15) is 28.4 Å². The summed E-state index contributed by atoms with van der Waals surface area (Å²) in [7, 11) is 1.63. The highest BCUT2D eigenvalue weighted by atomic mass is 16.5. The molecule has 1 atom stereocenters. The molecule has 2 aromatic rings. The van der Waals surface area contributed by atoms with Gasteiger partial charge < -0.3 is 15.6 Å². The van der Waals surface area contributed by atoms with E-state index in [1.165, 1.54) is 0 Å². The molecule has 0 amide bonds. The van der Waals surface area contributed by atoms with Crippen molar-refractivity contribution in [1.29, 1.82) is 0 Å². The first-order chi connectivity index (χ1) is 9.13. The molecular formula is C15H18N2O2. The third-order valence-electron chi connectivity index (χ3n) is 3.03. The average Bonchev–Trinajstić information content (AvgIpc) is 2.42. The summed E-state index contributed by atoms with van der Waals surface area (Å²) in [6.45, 7) is 2.37. The van der Waals surface area contributed by atoms with Crippen molar-refractivity contribution in [2.24, 2.45) is 0 Å². The zero-order chi connectivity index (χ0) is 13.8. The predicted molar refractivity (Wildman–Crippen MR) is 74.6 cm³/mol. The van der Waals surface area contributed by atoms with Gasteiger partial charge in [0.25, 0.3) is 0 Å². The Labute approximate surface area is 112 Å². The number of aliphatic hydroxyl groups is 1. The maximum Gasteiger partial charge on any atom is 0.129 e. The highest BCUT2D eigenvalue weighted by Crippen LogP contribution is 2.28. The fourth-order valence-corrected chi connectivity index (χ4v) is 2.08. The minimum absolute atomic E-state index is 0.352. The number of aryl methyl sites for hydroxylation is 1. The summed E-state index contributed by atoms with van der Waals surface area (Å²) in [6, 6.07) is 9.47. The second-order valence-electron chi connectivity index (χ2n) is 4.52. The molecular weight excluding hydrogens is 240 g/mol. The fourth-order valence-electron chi connectivity index (χ4n) is 2.08. The molecule has 2 rings (SSSR count). The summed E-state index contributed by atoms with van der Waals surface area (Å²) >= 11 is 0. The molecule has 1 aromatic heterocycles. The highest BCUT2D eigenvalue weighted by Gasteiger charge is 2.17. The summed E-state index contributed by atoms with van der Waals surface area (Å²) in [5, 5.41) is 10.5. The van der Waals surface area contributed by atoms with Gasteiger partial charge in [0.15, 0.2) is 0 Å². The zero-order valence-corrected chi connectivity index (χ0v) is 11.1. The van der Waals surface area contributed by atoms with Crippen LogP contribution in [0, 0.1) is 6.92 Å².